The Morgan fingerprint density at radius 3 is 2.62 bits per heavy atom. The number of hydrogen-bond donors (Lipinski definition) is 1. The largest absolute Gasteiger partial charge is 0.342 e. The number of carbonyl (C=O) groups excluding carboxylic acids is 1. The number of rotatable bonds is 4. The minimum atomic E-state index is 0.250. The second-order valence-corrected chi connectivity index (χ2v) is 6.47. The molecule has 1 aromatic carbocycles. The molecule has 3 heteroatoms. The molecule has 1 atom stereocenters. The Kier molecular flexibility index (Phi) is 5.80. The minimum Gasteiger partial charge on any atom is -0.342 e. The van der Waals surface area contributed by atoms with E-state index in [1.54, 1.807) is 0 Å². The number of amides is 1. The van der Waals surface area contributed by atoms with Gasteiger partial charge < -0.3 is 10.6 Å². The molecule has 1 fully saturated rings. The monoisotopic (exact) mass is 288 g/mol. The van der Waals surface area contributed by atoms with E-state index in [1.807, 2.05) is 24.3 Å². The molecule has 1 aromatic rings. The lowest BCUT2D eigenvalue weighted by molar-refractivity contribution is -0.130. The first kappa shape index (κ1) is 16.0. The van der Waals surface area contributed by atoms with Crippen molar-refractivity contribution in [1.82, 2.24) is 4.90 Å². The van der Waals surface area contributed by atoms with Gasteiger partial charge in [-0.3, -0.25) is 4.79 Å². The number of carbonyl (C=O) groups is 1. The van der Waals surface area contributed by atoms with Crippen molar-refractivity contribution in [2.75, 3.05) is 13.1 Å². The Morgan fingerprint density at radius 1 is 1.24 bits per heavy atom. The van der Waals surface area contributed by atoms with Crippen molar-refractivity contribution in [1.29, 1.82) is 0 Å². The highest BCUT2D eigenvalue weighted by molar-refractivity contribution is 5.79. The molecule has 0 spiro atoms. The summed E-state index contributed by atoms with van der Waals surface area (Å²) < 4.78 is 0. The molecule has 1 heterocycles. The van der Waals surface area contributed by atoms with E-state index in [9.17, 15) is 4.79 Å². The molecule has 1 unspecified atom stereocenters. The molecular weight excluding hydrogens is 260 g/mol. The third kappa shape index (κ3) is 4.31. The van der Waals surface area contributed by atoms with Crippen LogP contribution in [-0.4, -0.2) is 23.9 Å². The maximum atomic E-state index is 12.6. The van der Waals surface area contributed by atoms with Crippen molar-refractivity contribution in [3.05, 3.63) is 35.4 Å². The maximum absolute atomic E-state index is 12.6. The summed E-state index contributed by atoms with van der Waals surface area (Å²) in [5.41, 5.74) is 7.92. The summed E-state index contributed by atoms with van der Waals surface area (Å²) in [5.74, 6) is 1.73. The van der Waals surface area contributed by atoms with Gasteiger partial charge in [-0.15, -0.1) is 0 Å². The lowest BCUT2D eigenvalue weighted by Crippen LogP contribution is -2.33. The van der Waals surface area contributed by atoms with Crippen molar-refractivity contribution in [2.45, 2.75) is 46.1 Å². The molecule has 1 aliphatic rings. The van der Waals surface area contributed by atoms with Crippen molar-refractivity contribution in [3.8, 4) is 0 Å². The van der Waals surface area contributed by atoms with Gasteiger partial charge in [0.05, 0.1) is 6.42 Å². The minimum absolute atomic E-state index is 0.250. The van der Waals surface area contributed by atoms with E-state index in [-0.39, 0.29) is 5.91 Å². The average Bonchev–Trinajstić information content (AvgIpc) is 2.73. The van der Waals surface area contributed by atoms with Gasteiger partial charge in [-0.05, 0) is 42.2 Å². The van der Waals surface area contributed by atoms with Gasteiger partial charge in [0.25, 0.3) is 0 Å². The first-order valence-corrected chi connectivity index (χ1v) is 8.16. The fourth-order valence-corrected chi connectivity index (χ4v) is 3.24. The molecule has 0 bridgehead atoms. The second kappa shape index (κ2) is 7.60. The zero-order chi connectivity index (χ0) is 15.2. The van der Waals surface area contributed by atoms with E-state index in [0.29, 0.717) is 13.0 Å². The highest BCUT2D eigenvalue weighted by Gasteiger charge is 2.22. The van der Waals surface area contributed by atoms with Crippen molar-refractivity contribution < 1.29 is 4.79 Å². The van der Waals surface area contributed by atoms with E-state index in [2.05, 4.69) is 18.7 Å². The van der Waals surface area contributed by atoms with Gasteiger partial charge in [-0.2, -0.15) is 0 Å². The molecule has 116 valence electrons. The SMILES string of the molecule is CC(C)C1CCCN(C(=O)Cc2ccccc2CN)CC1. The van der Waals surface area contributed by atoms with Crippen LogP contribution in [0.5, 0.6) is 0 Å². The highest BCUT2D eigenvalue weighted by atomic mass is 16.2. The van der Waals surface area contributed by atoms with Gasteiger partial charge in [-0.1, -0.05) is 38.1 Å². The summed E-state index contributed by atoms with van der Waals surface area (Å²) in [4.78, 5) is 14.6. The predicted octanol–water partition coefficient (Wildman–Crippen LogP) is 2.97. The number of benzene rings is 1. The van der Waals surface area contributed by atoms with Crippen molar-refractivity contribution in [2.24, 2.45) is 17.6 Å². The first-order valence-electron chi connectivity index (χ1n) is 8.16. The van der Waals surface area contributed by atoms with Crippen molar-refractivity contribution in [3.63, 3.8) is 0 Å². The van der Waals surface area contributed by atoms with Gasteiger partial charge in [0.2, 0.25) is 5.91 Å². The zero-order valence-electron chi connectivity index (χ0n) is 13.3. The Bertz CT molecular complexity index is 470. The fraction of sp³-hybridized carbons (Fsp3) is 0.611. The van der Waals surface area contributed by atoms with Gasteiger partial charge in [0, 0.05) is 19.6 Å². The van der Waals surface area contributed by atoms with E-state index in [4.69, 9.17) is 5.73 Å². The van der Waals surface area contributed by atoms with Crippen LogP contribution in [0.2, 0.25) is 0 Å². The zero-order valence-corrected chi connectivity index (χ0v) is 13.3. The molecular formula is C18H28N2O. The van der Waals surface area contributed by atoms with Gasteiger partial charge in [0.15, 0.2) is 0 Å². The number of nitrogens with two attached hydrogens (primary N) is 1. The van der Waals surface area contributed by atoms with E-state index >= 15 is 0 Å². The number of hydrogen-bond acceptors (Lipinski definition) is 2. The molecule has 0 aromatic heterocycles. The molecule has 3 nitrogen and oxygen atoms in total. The molecule has 2 rings (SSSR count). The fourth-order valence-electron chi connectivity index (χ4n) is 3.24. The van der Waals surface area contributed by atoms with Crippen LogP contribution in [0.25, 0.3) is 0 Å². The van der Waals surface area contributed by atoms with E-state index < -0.39 is 0 Å². The predicted molar refractivity (Wildman–Crippen MR) is 86.8 cm³/mol. The van der Waals surface area contributed by atoms with Gasteiger partial charge in [0.1, 0.15) is 0 Å². The third-order valence-corrected chi connectivity index (χ3v) is 4.75. The van der Waals surface area contributed by atoms with Crippen LogP contribution >= 0.6 is 0 Å². The Labute approximate surface area is 128 Å². The Morgan fingerprint density at radius 2 is 1.95 bits per heavy atom. The molecule has 0 radical (unpaired) electrons. The summed E-state index contributed by atoms with van der Waals surface area (Å²) >= 11 is 0. The molecule has 0 saturated carbocycles. The van der Waals surface area contributed by atoms with Crippen molar-refractivity contribution >= 4 is 5.91 Å². The summed E-state index contributed by atoms with van der Waals surface area (Å²) in [5, 5.41) is 0. The Hall–Kier alpha value is -1.35. The second-order valence-electron chi connectivity index (χ2n) is 6.47. The first-order chi connectivity index (χ1) is 10.1. The number of nitrogens with zero attached hydrogens (tertiary/aromatic N) is 1. The summed E-state index contributed by atoms with van der Waals surface area (Å²) in [6, 6.07) is 8.00. The summed E-state index contributed by atoms with van der Waals surface area (Å²) in [6.07, 6.45) is 4.01. The highest BCUT2D eigenvalue weighted by Crippen LogP contribution is 2.25. The molecule has 21 heavy (non-hydrogen) atoms. The van der Waals surface area contributed by atoms with Crippen LogP contribution in [0, 0.1) is 11.8 Å². The maximum Gasteiger partial charge on any atom is 0.227 e. The smallest absolute Gasteiger partial charge is 0.227 e. The van der Waals surface area contributed by atoms with Gasteiger partial charge >= 0.3 is 0 Å². The normalized spacial score (nSPS) is 19.6. The molecule has 2 N–H and O–H groups in total. The van der Waals surface area contributed by atoms with E-state index in [1.165, 1.54) is 6.42 Å². The van der Waals surface area contributed by atoms with Crippen LogP contribution in [-0.2, 0) is 17.8 Å². The Balaban J connectivity index is 1.97. The lowest BCUT2D eigenvalue weighted by Gasteiger charge is -2.22. The number of likely N-dealkylation sites (tertiary alicyclic amines) is 1. The van der Waals surface area contributed by atoms with Crippen LogP contribution in [0.1, 0.15) is 44.2 Å². The van der Waals surface area contributed by atoms with Crippen LogP contribution in [0.4, 0.5) is 0 Å². The quantitative estimate of drug-likeness (QED) is 0.926. The molecule has 1 aliphatic heterocycles. The molecule has 0 aliphatic carbocycles. The van der Waals surface area contributed by atoms with Crippen LogP contribution in [0.15, 0.2) is 24.3 Å². The van der Waals surface area contributed by atoms with E-state index in [0.717, 1.165) is 48.9 Å². The summed E-state index contributed by atoms with van der Waals surface area (Å²) in [7, 11) is 0. The van der Waals surface area contributed by atoms with Gasteiger partial charge in [-0.25, -0.2) is 0 Å². The summed E-state index contributed by atoms with van der Waals surface area (Å²) in [6.45, 7) is 6.90. The average molecular weight is 288 g/mol. The van der Waals surface area contributed by atoms with Crippen LogP contribution in [0.3, 0.4) is 0 Å². The topological polar surface area (TPSA) is 46.3 Å². The molecule has 1 saturated heterocycles. The molecule has 1 amide bonds. The standard InChI is InChI=1S/C18H28N2O/c1-14(2)15-8-5-10-20(11-9-15)18(21)12-16-6-3-4-7-17(16)13-19/h3-4,6-7,14-15H,5,8-13,19H2,1-2H3. The third-order valence-electron chi connectivity index (χ3n) is 4.75. The lowest BCUT2D eigenvalue weighted by atomic mass is 9.89. The van der Waals surface area contributed by atoms with Crippen LogP contribution < -0.4 is 5.73 Å².